The van der Waals surface area contributed by atoms with Crippen LogP contribution in [0.2, 0.25) is 0 Å². The van der Waals surface area contributed by atoms with E-state index in [1.165, 1.54) is 19.1 Å². The van der Waals surface area contributed by atoms with Gasteiger partial charge in [-0.05, 0) is 38.8 Å². The normalized spacial score (nSPS) is 19.6. The van der Waals surface area contributed by atoms with Crippen molar-refractivity contribution in [3.05, 3.63) is 29.8 Å². The molecule has 1 aliphatic rings. The molecule has 0 bridgehead atoms. The summed E-state index contributed by atoms with van der Waals surface area (Å²) >= 11 is 0. The number of carbonyl (C=O) groups excluding carboxylic acids is 2. The van der Waals surface area contributed by atoms with Gasteiger partial charge in [0.2, 0.25) is 5.91 Å². The third-order valence-electron chi connectivity index (χ3n) is 3.65. The van der Waals surface area contributed by atoms with Crippen molar-refractivity contribution in [1.82, 2.24) is 4.31 Å². The van der Waals surface area contributed by atoms with Gasteiger partial charge in [-0.2, -0.15) is 0 Å². The van der Waals surface area contributed by atoms with E-state index in [4.69, 9.17) is 0 Å². The van der Waals surface area contributed by atoms with E-state index >= 15 is 0 Å². The molecule has 1 unspecified atom stereocenters. The van der Waals surface area contributed by atoms with Crippen molar-refractivity contribution in [2.24, 2.45) is 5.92 Å². The fraction of sp³-hybridized carbons (Fsp3) is 0.467. The number of aryl methyl sites for hydroxylation is 1. The molecule has 2 rings (SSSR count). The lowest BCUT2D eigenvalue weighted by Gasteiger charge is -2.31. The van der Waals surface area contributed by atoms with Crippen molar-refractivity contribution in [1.29, 1.82) is 0 Å². The monoisotopic (exact) mass is 309 g/mol. The maximum atomic E-state index is 12.6. The number of ketones is 1. The molecule has 1 amide bonds. The van der Waals surface area contributed by atoms with E-state index in [9.17, 15) is 18.0 Å². The molecular formula is C15H19NO4S. The van der Waals surface area contributed by atoms with E-state index in [0.717, 1.165) is 9.87 Å². The van der Waals surface area contributed by atoms with Crippen LogP contribution in [0.5, 0.6) is 0 Å². The fourth-order valence-electron chi connectivity index (χ4n) is 2.53. The van der Waals surface area contributed by atoms with Gasteiger partial charge in [0, 0.05) is 18.9 Å². The number of amides is 1. The SMILES string of the molecule is CC(=O)CC1CCCN(S(=O)(=O)c2ccc(C)cc2)C1=O. The third kappa shape index (κ3) is 3.32. The van der Waals surface area contributed by atoms with Crippen molar-refractivity contribution >= 4 is 21.7 Å². The fourth-order valence-corrected chi connectivity index (χ4v) is 4.02. The number of hydrogen-bond acceptors (Lipinski definition) is 4. The number of rotatable bonds is 4. The van der Waals surface area contributed by atoms with Crippen molar-refractivity contribution in [3.63, 3.8) is 0 Å². The number of nitrogens with zero attached hydrogens (tertiary/aromatic N) is 1. The van der Waals surface area contributed by atoms with Gasteiger partial charge in [-0.25, -0.2) is 12.7 Å². The summed E-state index contributed by atoms with van der Waals surface area (Å²) in [6.07, 6.45) is 1.27. The van der Waals surface area contributed by atoms with Gasteiger partial charge in [0.05, 0.1) is 4.90 Å². The molecule has 1 aliphatic heterocycles. The lowest BCUT2D eigenvalue weighted by atomic mass is 9.94. The van der Waals surface area contributed by atoms with Crippen LogP contribution >= 0.6 is 0 Å². The van der Waals surface area contributed by atoms with E-state index in [1.807, 2.05) is 6.92 Å². The third-order valence-corrected chi connectivity index (χ3v) is 5.46. The molecule has 114 valence electrons. The Bertz CT molecular complexity index is 649. The minimum atomic E-state index is -3.82. The summed E-state index contributed by atoms with van der Waals surface area (Å²) in [7, 11) is -3.82. The van der Waals surface area contributed by atoms with Crippen LogP contribution in [0.25, 0.3) is 0 Å². The zero-order valence-corrected chi connectivity index (χ0v) is 13.0. The summed E-state index contributed by atoms with van der Waals surface area (Å²) in [5.41, 5.74) is 0.952. The van der Waals surface area contributed by atoms with Crippen LogP contribution in [0.15, 0.2) is 29.2 Å². The summed E-state index contributed by atoms with van der Waals surface area (Å²) in [6.45, 7) is 3.47. The zero-order chi connectivity index (χ0) is 15.6. The van der Waals surface area contributed by atoms with Crippen molar-refractivity contribution in [3.8, 4) is 0 Å². The molecule has 0 spiro atoms. The smallest absolute Gasteiger partial charge is 0.266 e. The predicted octanol–water partition coefficient (Wildman–Crippen LogP) is 1.90. The van der Waals surface area contributed by atoms with Crippen molar-refractivity contribution < 1.29 is 18.0 Å². The first-order valence-electron chi connectivity index (χ1n) is 6.95. The highest BCUT2D eigenvalue weighted by Gasteiger charge is 2.37. The molecule has 6 heteroatoms. The van der Waals surface area contributed by atoms with E-state index in [-0.39, 0.29) is 23.6 Å². The van der Waals surface area contributed by atoms with E-state index < -0.39 is 21.8 Å². The molecule has 21 heavy (non-hydrogen) atoms. The van der Waals surface area contributed by atoms with Crippen LogP contribution in [0, 0.1) is 12.8 Å². The average molecular weight is 309 g/mol. The highest BCUT2D eigenvalue weighted by molar-refractivity contribution is 7.89. The molecule has 0 N–H and O–H groups in total. The number of benzene rings is 1. The number of Topliss-reactive ketones (excluding diaryl/α,β-unsaturated/α-hetero) is 1. The molecule has 1 saturated heterocycles. The van der Waals surface area contributed by atoms with Gasteiger partial charge in [-0.3, -0.25) is 4.79 Å². The Hall–Kier alpha value is -1.69. The molecule has 0 aromatic heterocycles. The second-order valence-corrected chi connectivity index (χ2v) is 7.34. The van der Waals surface area contributed by atoms with Crippen LogP contribution < -0.4 is 0 Å². The maximum absolute atomic E-state index is 12.6. The van der Waals surface area contributed by atoms with Gasteiger partial charge < -0.3 is 4.79 Å². The standard InChI is InChI=1S/C15H19NO4S/c1-11-5-7-14(8-6-11)21(19,20)16-9-3-4-13(15(16)18)10-12(2)17/h5-8,13H,3-4,9-10H2,1-2H3. The minimum absolute atomic E-state index is 0.0945. The van der Waals surface area contributed by atoms with Crippen LogP contribution in [0.3, 0.4) is 0 Å². The largest absolute Gasteiger partial charge is 0.300 e. The first kappa shape index (κ1) is 15.7. The summed E-state index contributed by atoms with van der Waals surface area (Å²) in [5.74, 6) is -1.07. The first-order valence-corrected chi connectivity index (χ1v) is 8.39. The molecular weight excluding hydrogens is 290 g/mol. The molecule has 1 atom stereocenters. The average Bonchev–Trinajstić information content (AvgIpc) is 2.41. The second-order valence-electron chi connectivity index (χ2n) is 5.47. The summed E-state index contributed by atoms with van der Waals surface area (Å²) in [5, 5.41) is 0. The zero-order valence-electron chi connectivity index (χ0n) is 12.2. The van der Waals surface area contributed by atoms with Gasteiger partial charge in [0.1, 0.15) is 5.78 Å². The van der Waals surface area contributed by atoms with Gasteiger partial charge in [0.25, 0.3) is 10.0 Å². The number of sulfonamides is 1. The predicted molar refractivity (Wildman–Crippen MR) is 78.1 cm³/mol. The highest BCUT2D eigenvalue weighted by Crippen LogP contribution is 2.27. The Labute approximate surface area is 125 Å². The van der Waals surface area contributed by atoms with Crippen LogP contribution in [-0.4, -0.2) is 31.0 Å². The second kappa shape index (κ2) is 5.97. The minimum Gasteiger partial charge on any atom is -0.300 e. The van der Waals surface area contributed by atoms with E-state index in [0.29, 0.717) is 12.8 Å². The van der Waals surface area contributed by atoms with Crippen molar-refractivity contribution in [2.45, 2.75) is 38.0 Å². The molecule has 1 aromatic rings. The quantitative estimate of drug-likeness (QED) is 0.851. The Morgan fingerprint density at radius 1 is 1.29 bits per heavy atom. The molecule has 1 heterocycles. The van der Waals surface area contributed by atoms with Gasteiger partial charge in [0.15, 0.2) is 0 Å². The molecule has 1 fully saturated rings. The van der Waals surface area contributed by atoms with E-state index in [2.05, 4.69) is 0 Å². The Morgan fingerprint density at radius 3 is 2.48 bits per heavy atom. The lowest BCUT2D eigenvalue weighted by Crippen LogP contribution is -2.45. The maximum Gasteiger partial charge on any atom is 0.266 e. The highest BCUT2D eigenvalue weighted by atomic mass is 32.2. The van der Waals surface area contributed by atoms with Gasteiger partial charge in [-0.15, -0.1) is 0 Å². The van der Waals surface area contributed by atoms with Crippen LogP contribution in [0.4, 0.5) is 0 Å². The summed E-state index contributed by atoms with van der Waals surface area (Å²) < 4.78 is 26.0. The van der Waals surface area contributed by atoms with Gasteiger partial charge in [-0.1, -0.05) is 17.7 Å². The number of carbonyl (C=O) groups is 2. The molecule has 0 aliphatic carbocycles. The van der Waals surface area contributed by atoms with Crippen LogP contribution in [-0.2, 0) is 19.6 Å². The molecule has 0 radical (unpaired) electrons. The Balaban J connectivity index is 2.29. The molecule has 0 saturated carbocycles. The first-order chi connectivity index (χ1) is 9.82. The van der Waals surface area contributed by atoms with Crippen LogP contribution in [0.1, 0.15) is 31.7 Å². The molecule has 1 aromatic carbocycles. The summed E-state index contributed by atoms with van der Waals surface area (Å²) in [6, 6.07) is 6.42. The lowest BCUT2D eigenvalue weighted by molar-refractivity contribution is -0.135. The molecule has 5 nitrogen and oxygen atoms in total. The topological polar surface area (TPSA) is 71.5 Å². The van der Waals surface area contributed by atoms with Gasteiger partial charge >= 0.3 is 0 Å². The van der Waals surface area contributed by atoms with E-state index in [1.54, 1.807) is 12.1 Å². The summed E-state index contributed by atoms with van der Waals surface area (Å²) in [4.78, 5) is 23.7. The number of hydrogen-bond donors (Lipinski definition) is 0. The Kier molecular flexibility index (Phi) is 4.46. The van der Waals surface area contributed by atoms with Crippen molar-refractivity contribution in [2.75, 3.05) is 6.54 Å². The Morgan fingerprint density at radius 2 is 1.90 bits per heavy atom. The number of piperidine rings is 1.